The predicted molar refractivity (Wildman–Crippen MR) is 131 cm³/mol. The lowest BCUT2D eigenvalue weighted by atomic mass is 9.97. The van der Waals surface area contributed by atoms with Crippen LogP contribution in [0.5, 0.6) is 5.75 Å². The van der Waals surface area contributed by atoms with E-state index < -0.39 is 47.9 Å². The molecule has 3 amide bonds. The van der Waals surface area contributed by atoms with Gasteiger partial charge < -0.3 is 36.9 Å². The molecular weight excluding hydrogens is 468 g/mol. The highest BCUT2D eigenvalue weighted by atomic mass is 16.4. The highest BCUT2D eigenvalue weighted by Gasteiger charge is 2.32. The summed E-state index contributed by atoms with van der Waals surface area (Å²) < 4.78 is 0. The van der Waals surface area contributed by atoms with Crippen LogP contribution in [0.2, 0.25) is 0 Å². The largest absolute Gasteiger partial charge is 0.508 e. The number of phenols is 1. The van der Waals surface area contributed by atoms with Crippen LogP contribution in [0.3, 0.4) is 0 Å². The van der Waals surface area contributed by atoms with Crippen LogP contribution in [-0.2, 0) is 32.0 Å². The molecule has 12 heteroatoms. The lowest BCUT2D eigenvalue weighted by molar-refractivity contribution is -0.142. The molecule has 0 fully saturated rings. The molecule has 0 saturated heterocycles. The molecule has 1 heterocycles. The van der Waals surface area contributed by atoms with Crippen molar-refractivity contribution < 1.29 is 29.4 Å². The van der Waals surface area contributed by atoms with E-state index in [0.29, 0.717) is 17.7 Å². The number of nitrogens with two attached hydrogens (primary N) is 1. The highest BCUT2D eigenvalue weighted by molar-refractivity contribution is 5.94. The minimum atomic E-state index is -1.29. The Morgan fingerprint density at radius 1 is 0.972 bits per heavy atom. The van der Waals surface area contributed by atoms with Gasteiger partial charge in [-0.3, -0.25) is 14.4 Å². The molecule has 0 saturated carbocycles. The number of aromatic hydroxyl groups is 1. The number of carbonyl (C=O) groups excluding carboxylic acids is 3. The van der Waals surface area contributed by atoms with Crippen molar-refractivity contribution in [2.75, 3.05) is 0 Å². The van der Waals surface area contributed by atoms with E-state index in [9.17, 15) is 29.4 Å². The molecule has 0 bridgehead atoms. The monoisotopic (exact) mass is 502 g/mol. The number of nitrogens with one attached hydrogen (secondary N) is 4. The van der Waals surface area contributed by atoms with E-state index in [0.717, 1.165) is 0 Å². The average molecular weight is 503 g/mol. The highest BCUT2D eigenvalue weighted by Crippen LogP contribution is 2.13. The van der Waals surface area contributed by atoms with Crippen LogP contribution in [-0.4, -0.2) is 68.0 Å². The lowest BCUT2D eigenvalue weighted by Crippen LogP contribution is -2.59. The maximum Gasteiger partial charge on any atom is 0.326 e. The first-order valence-electron chi connectivity index (χ1n) is 11.7. The minimum absolute atomic E-state index is 0.0115. The number of aromatic nitrogens is 2. The number of hydrogen-bond acceptors (Lipinski definition) is 7. The van der Waals surface area contributed by atoms with Gasteiger partial charge in [0.1, 0.15) is 23.9 Å². The van der Waals surface area contributed by atoms with E-state index in [1.54, 1.807) is 19.1 Å². The van der Waals surface area contributed by atoms with Gasteiger partial charge in [0, 0.05) is 24.7 Å². The number of hydrogen-bond donors (Lipinski definition) is 7. The van der Waals surface area contributed by atoms with Gasteiger partial charge in [0.2, 0.25) is 17.7 Å². The van der Waals surface area contributed by atoms with Gasteiger partial charge in [-0.25, -0.2) is 9.78 Å². The van der Waals surface area contributed by atoms with E-state index in [1.165, 1.54) is 31.6 Å². The fraction of sp³-hybridized carbons (Fsp3) is 0.458. The molecule has 1 aromatic heterocycles. The molecule has 0 radical (unpaired) electrons. The normalized spacial score (nSPS) is 15.1. The van der Waals surface area contributed by atoms with Crippen molar-refractivity contribution in [2.45, 2.75) is 64.2 Å². The summed E-state index contributed by atoms with van der Waals surface area (Å²) in [5.74, 6) is -3.31. The number of carboxylic acid groups (broad SMARTS) is 1. The SMILES string of the molecule is CCC(C)C(NC(=O)C(C)N)C(=O)NC(Cc1cnc[nH]1)C(=O)NC(Cc1ccc(O)cc1)C(=O)O. The lowest BCUT2D eigenvalue weighted by Gasteiger charge is -2.27. The quantitative estimate of drug-likeness (QED) is 0.196. The zero-order valence-corrected chi connectivity index (χ0v) is 20.5. The number of carboxylic acids is 1. The summed E-state index contributed by atoms with van der Waals surface area (Å²) in [6, 6.07) is 1.73. The molecule has 2 rings (SSSR count). The van der Waals surface area contributed by atoms with Crippen molar-refractivity contribution in [1.29, 1.82) is 0 Å². The van der Waals surface area contributed by atoms with E-state index >= 15 is 0 Å². The molecule has 12 nitrogen and oxygen atoms in total. The smallest absolute Gasteiger partial charge is 0.326 e. The van der Waals surface area contributed by atoms with Gasteiger partial charge in [0.05, 0.1) is 12.4 Å². The number of phenolic OH excluding ortho intramolecular Hbond substituents is 1. The Bertz CT molecular complexity index is 1020. The first-order chi connectivity index (χ1) is 17.0. The minimum Gasteiger partial charge on any atom is -0.508 e. The summed E-state index contributed by atoms with van der Waals surface area (Å²) in [6.07, 6.45) is 3.45. The van der Waals surface area contributed by atoms with Crippen LogP contribution < -0.4 is 21.7 Å². The molecule has 1 aromatic carbocycles. The van der Waals surface area contributed by atoms with Crippen LogP contribution in [0.1, 0.15) is 38.4 Å². The fourth-order valence-electron chi connectivity index (χ4n) is 3.41. The number of aliphatic carboxylic acids is 1. The molecule has 0 aliphatic rings. The van der Waals surface area contributed by atoms with Crippen LogP contribution in [0.4, 0.5) is 0 Å². The van der Waals surface area contributed by atoms with Crippen molar-refractivity contribution in [3.05, 3.63) is 48.0 Å². The Kier molecular flexibility index (Phi) is 10.4. The van der Waals surface area contributed by atoms with Crippen molar-refractivity contribution in [2.24, 2.45) is 11.7 Å². The number of H-pyrrole nitrogens is 1. The van der Waals surface area contributed by atoms with E-state index in [1.807, 2.05) is 6.92 Å². The number of nitrogens with zero attached hydrogens (tertiary/aromatic N) is 1. The number of rotatable bonds is 13. The molecule has 36 heavy (non-hydrogen) atoms. The third-order valence-electron chi connectivity index (χ3n) is 5.81. The molecule has 0 aliphatic carbocycles. The van der Waals surface area contributed by atoms with Gasteiger partial charge in [-0.2, -0.15) is 0 Å². The van der Waals surface area contributed by atoms with Gasteiger partial charge in [-0.05, 0) is 30.5 Å². The molecular formula is C24H34N6O6. The Labute approximate surface area is 209 Å². The molecule has 2 aromatic rings. The molecule has 5 unspecified atom stereocenters. The van der Waals surface area contributed by atoms with Crippen molar-refractivity contribution in [1.82, 2.24) is 25.9 Å². The van der Waals surface area contributed by atoms with Crippen LogP contribution in [0.15, 0.2) is 36.8 Å². The van der Waals surface area contributed by atoms with E-state index in [2.05, 4.69) is 25.9 Å². The first-order valence-corrected chi connectivity index (χ1v) is 11.7. The molecule has 196 valence electrons. The number of benzene rings is 1. The Balaban J connectivity index is 2.22. The molecule has 0 aliphatic heterocycles. The van der Waals surface area contributed by atoms with Crippen molar-refractivity contribution in [3.63, 3.8) is 0 Å². The van der Waals surface area contributed by atoms with Crippen LogP contribution >= 0.6 is 0 Å². The molecule has 0 spiro atoms. The number of aromatic amines is 1. The number of carbonyl (C=O) groups is 4. The summed E-state index contributed by atoms with van der Waals surface area (Å²) in [6.45, 7) is 5.14. The average Bonchev–Trinajstić information content (AvgIpc) is 3.35. The Hall–Kier alpha value is -3.93. The second-order valence-corrected chi connectivity index (χ2v) is 8.77. The van der Waals surface area contributed by atoms with Gasteiger partial charge in [-0.15, -0.1) is 0 Å². The van der Waals surface area contributed by atoms with Gasteiger partial charge in [0.25, 0.3) is 0 Å². The summed E-state index contributed by atoms with van der Waals surface area (Å²) in [5.41, 5.74) is 6.76. The standard InChI is InChI=1S/C24H34N6O6/c1-4-13(2)20(30-21(32)14(3)25)23(34)28-18(10-16-11-26-12-27-16)22(33)29-19(24(35)36)9-15-5-7-17(31)8-6-15/h5-8,11-14,18-20,31H,4,9-10,25H2,1-3H3,(H,26,27)(H,28,34)(H,29,33)(H,30,32)(H,35,36). The summed E-state index contributed by atoms with van der Waals surface area (Å²) in [4.78, 5) is 57.2. The van der Waals surface area contributed by atoms with Gasteiger partial charge >= 0.3 is 5.97 Å². The van der Waals surface area contributed by atoms with Crippen molar-refractivity contribution in [3.8, 4) is 5.75 Å². The Morgan fingerprint density at radius 2 is 1.61 bits per heavy atom. The van der Waals surface area contributed by atoms with Crippen molar-refractivity contribution >= 4 is 23.7 Å². The molecule has 8 N–H and O–H groups in total. The zero-order valence-electron chi connectivity index (χ0n) is 20.5. The second-order valence-electron chi connectivity index (χ2n) is 8.77. The Morgan fingerprint density at radius 3 is 2.14 bits per heavy atom. The summed E-state index contributed by atoms with van der Waals surface area (Å²) in [7, 11) is 0. The van der Waals surface area contributed by atoms with Crippen LogP contribution in [0.25, 0.3) is 0 Å². The maximum absolute atomic E-state index is 13.2. The third kappa shape index (κ3) is 8.38. The summed E-state index contributed by atoms with van der Waals surface area (Å²) in [5, 5.41) is 26.9. The third-order valence-corrected chi connectivity index (χ3v) is 5.81. The van der Waals surface area contributed by atoms with Crippen LogP contribution in [0, 0.1) is 5.92 Å². The van der Waals surface area contributed by atoms with Gasteiger partial charge in [0.15, 0.2) is 0 Å². The first kappa shape index (κ1) is 28.3. The topological polar surface area (TPSA) is 200 Å². The van der Waals surface area contributed by atoms with Gasteiger partial charge in [-0.1, -0.05) is 32.4 Å². The predicted octanol–water partition coefficient (Wildman–Crippen LogP) is -0.167. The second kappa shape index (κ2) is 13.2. The maximum atomic E-state index is 13.2. The van der Waals surface area contributed by atoms with E-state index in [4.69, 9.17) is 5.73 Å². The number of imidazole rings is 1. The fourth-order valence-corrected chi connectivity index (χ4v) is 3.41. The zero-order chi connectivity index (χ0) is 26.8. The summed E-state index contributed by atoms with van der Waals surface area (Å²) >= 11 is 0. The number of amides is 3. The molecule has 5 atom stereocenters. The van der Waals surface area contributed by atoms with E-state index in [-0.39, 0.29) is 24.5 Å².